The average Bonchev–Trinajstić information content (AvgIpc) is 2.47. The molecule has 2 heteroatoms. The van der Waals surface area contributed by atoms with Gasteiger partial charge in [0.1, 0.15) is 0 Å². The molecule has 0 bridgehead atoms. The molecule has 1 fully saturated rings. The Labute approximate surface area is 109 Å². The maximum atomic E-state index is 4.66. The first-order chi connectivity index (χ1) is 8.86. The van der Waals surface area contributed by atoms with E-state index in [-0.39, 0.29) is 0 Å². The van der Waals surface area contributed by atoms with E-state index >= 15 is 0 Å². The minimum atomic E-state index is 0.650. The Morgan fingerprint density at radius 1 is 1.17 bits per heavy atom. The number of piperidine rings is 1. The van der Waals surface area contributed by atoms with E-state index in [1.807, 2.05) is 6.20 Å². The molecule has 94 valence electrons. The van der Waals surface area contributed by atoms with E-state index in [1.54, 1.807) is 0 Å². The van der Waals surface area contributed by atoms with Gasteiger partial charge in [0, 0.05) is 23.2 Å². The Balaban J connectivity index is 1.82. The van der Waals surface area contributed by atoms with Crippen molar-refractivity contribution >= 4 is 10.8 Å². The Morgan fingerprint density at radius 3 is 2.61 bits per heavy atom. The number of hydrogen-bond acceptors (Lipinski definition) is 2. The average molecular weight is 240 g/mol. The Morgan fingerprint density at radius 2 is 1.89 bits per heavy atom. The second kappa shape index (κ2) is 5.07. The smallest absolute Gasteiger partial charge is 0.0441 e. The number of nitrogens with zero attached hydrogens (tertiary/aromatic N) is 2. The third kappa shape index (κ3) is 2.25. The normalized spacial score (nSPS) is 18.3. The second-order valence-corrected chi connectivity index (χ2v) is 5.16. The van der Waals surface area contributed by atoms with Crippen LogP contribution in [-0.4, -0.2) is 29.5 Å². The first-order valence-electron chi connectivity index (χ1n) is 6.94. The molecule has 0 atom stereocenters. The van der Waals surface area contributed by atoms with Crippen LogP contribution in [0.2, 0.25) is 0 Å². The Bertz CT molecular complexity index is 527. The van der Waals surface area contributed by atoms with Gasteiger partial charge in [-0.15, -0.1) is 0 Å². The molecule has 0 spiro atoms. The monoisotopic (exact) mass is 240 g/mol. The molecule has 0 aliphatic carbocycles. The third-order valence-corrected chi connectivity index (χ3v) is 4.11. The molecule has 0 saturated carbocycles. The molecule has 0 N–H and O–H groups in total. The molecule has 1 aliphatic heterocycles. The van der Waals surface area contributed by atoms with Gasteiger partial charge >= 0.3 is 0 Å². The standard InChI is InChI=1S/C16H20N2/c1-2-18-9-7-13(8-10-18)16-11-14-5-3-4-6-15(14)12-17-16/h3-6,11-13H,2,7-10H2,1H3. The van der Waals surface area contributed by atoms with E-state index in [0.717, 1.165) is 0 Å². The molecule has 1 aromatic heterocycles. The highest BCUT2D eigenvalue weighted by atomic mass is 15.1. The lowest BCUT2D eigenvalue weighted by Crippen LogP contribution is -2.32. The summed E-state index contributed by atoms with van der Waals surface area (Å²) in [5.74, 6) is 0.650. The van der Waals surface area contributed by atoms with Crippen LogP contribution in [0.1, 0.15) is 31.4 Å². The molecule has 0 radical (unpaired) electrons. The van der Waals surface area contributed by atoms with Gasteiger partial charge in [-0.3, -0.25) is 4.98 Å². The van der Waals surface area contributed by atoms with E-state index in [0.29, 0.717) is 5.92 Å². The van der Waals surface area contributed by atoms with Crippen molar-refractivity contribution in [1.82, 2.24) is 9.88 Å². The van der Waals surface area contributed by atoms with Crippen LogP contribution < -0.4 is 0 Å². The molecule has 1 saturated heterocycles. The van der Waals surface area contributed by atoms with Crippen LogP contribution in [0, 0.1) is 0 Å². The first-order valence-corrected chi connectivity index (χ1v) is 6.94. The molecule has 0 amide bonds. The van der Waals surface area contributed by atoms with Gasteiger partial charge in [-0.1, -0.05) is 31.2 Å². The van der Waals surface area contributed by atoms with E-state index in [4.69, 9.17) is 0 Å². The van der Waals surface area contributed by atoms with Crippen molar-refractivity contribution in [3.8, 4) is 0 Å². The molecular formula is C16H20N2. The van der Waals surface area contributed by atoms with Crippen LogP contribution in [-0.2, 0) is 0 Å². The van der Waals surface area contributed by atoms with E-state index < -0.39 is 0 Å². The van der Waals surface area contributed by atoms with Crippen molar-refractivity contribution in [2.45, 2.75) is 25.7 Å². The summed E-state index contributed by atoms with van der Waals surface area (Å²) < 4.78 is 0. The third-order valence-electron chi connectivity index (χ3n) is 4.11. The second-order valence-electron chi connectivity index (χ2n) is 5.16. The molecule has 2 heterocycles. The quantitative estimate of drug-likeness (QED) is 0.799. The van der Waals surface area contributed by atoms with Crippen LogP contribution in [0.15, 0.2) is 36.5 Å². The highest BCUT2D eigenvalue weighted by Crippen LogP contribution is 2.28. The fourth-order valence-corrected chi connectivity index (χ4v) is 2.87. The van der Waals surface area contributed by atoms with Crippen molar-refractivity contribution < 1.29 is 0 Å². The van der Waals surface area contributed by atoms with Gasteiger partial charge in [0.15, 0.2) is 0 Å². The molecule has 2 nitrogen and oxygen atoms in total. The van der Waals surface area contributed by atoms with Gasteiger partial charge in [-0.2, -0.15) is 0 Å². The summed E-state index contributed by atoms with van der Waals surface area (Å²) in [6, 6.07) is 10.8. The minimum absolute atomic E-state index is 0.650. The molecule has 3 rings (SSSR count). The minimum Gasteiger partial charge on any atom is -0.304 e. The van der Waals surface area contributed by atoms with E-state index in [1.165, 1.54) is 48.9 Å². The predicted octanol–water partition coefficient (Wildman–Crippen LogP) is 3.43. The van der Waals surface area contributed by atoms with E-state index in [2.05, 4.69) is 47.1 Å². The van der Waals surface area contributed by atoms with Gasteiger partial charge in [-0.05, 0) is 43.9 Å². The number of aromatic nitrogens is 1. The number of rotatable bonds is 2. The number of fused-ring (bicyclic) bond motifs is 1. The molecule has 1 aliphatic rings. The first kappa shape index (κ1) is 11.7. The topological polar surface area (TPSA) is 16.1 Å². The lowest BCUT2D eigenvalue weighted by Gasteiger charge is -2.30. The summed E-state index contributed by atoms with van der Waals surface area (Å²) in [6.45, 7) is 5.86. The maximum Gasteiger partial charge on any atom is 0.0441 e. The van der Waals surface area contributed by atoms with Crippen LogP contribution in [0.5, 0.6) is 0 Å². The van der Waals surface area contributed by atoms with Crippen molar-refractivity contribution in [3.63, 3.8) is 0 Å². The highest BCUT2D eigenvalue weighted by Gasteiger charge is 2.20. The fourth-order valence-electron chi connectivity index (χ4n) is 2.87. The van der Waals surface area contributed by atoms with Gasteiger partial charge in [0.25, 0.3) is 0 Å². The largest absolute Gasteiger partial charge is 0.304 e. The summed E-state index contributed by atoms with van der Waals surface area (Å²) in [5, 5.41) is 2.56. The van der Waals surface area contributed by atoms with Crippen molar-refractivity contribution in [2.24, 2.45) is 0 Å². The van der Waals surface area contributed by atoms with Crippen molar-refractivity contribution in [1.29, 1.82) is 0 Å². The molecule has 2 aromatic rings. The number of hydrogen-bond donors (Lipinski definition) is 0. The summed E-state index contributed by atoms with van der Waals surface area (Å²) in [4.78, 5) is 7.19. The van der Waals surface area contributed by atoms with Crippen molar-refractivity contribution in [3.05, 3.63) is 42.2 Å². The number of benzene rings is 1. The Hall–Kier alpha value is -1.41. The number of pyridine rings is 1. The zero-order chi connectivity index (χ0) is 12.4. The summed E-state index contributed by atoms with van der Waals surface area (Å²) >= 11 is 0. The SMILES string of the molecule is CCN1CCC(c2cc3ccccc3cn2)CC1. The van der Waals surface area contributed by atoms with E-state index in [9.17, 15) is 0 Å². The van der Waals surface area contributed by atoms with Crippen molar-refractivity contribution in [2.75, 3.05) is 19.6 Å². The molecule has 1 aromatic carbocycles. The fraction of sp³-hybridized carbons (Fsp3) is 0.438. The summed E-state index contributed by atoms with van der Waals surface area (Å²) in [6.07, 6.45) is 4.52. The van der Waals surface area contributed by atoms with Crippen LogP contribution in [0.3, 0.4) is 0 Å². The maximum absolute atomic E-state index is 4.66. The molecule has 0 unspecified atom stereocenters. The van der Waals surface area contributed by atoms with Gasteiger partial charge < -0.3 is 4.90 Å². The zero-order valence-electron chi connectivity index (χ0n) is 11.0. The molecular weight excluding hydrogens is 220 g/mol. The lowest BCUT2D eigenvalue weighted by molar-refractivity contribution is 0.221. The van der Waals surface area contributed by atoms with Gasteiger partial charge in [-0.25, -0.2) is 0 Å². The van der Waals surface area contributed by atoms with Crippen LogP contribution in [0.25, 0.3) is 10.8 Å². The van der Waals surface area contributed by atoms with Gasteiger partial charge in [0.05, 0.1) is 0 Å². The summed E-state index contributed by atoms with van der Waals surface area (Å²) in [5.41, 5.74) is 1.28. The highest BCUT2D eigenvalue weighted by molar-refractivity contribution is 5.81. The van der Waals surface area contributed by atoms with Gasteiger partial charge in [0.2, 0.25) is 0 Å². The number of likely N-dealkylation sites (tertiary alicyclic amines) is 1. The predicted molar refractivity (Wildman–Crippen MR) is 75.8 cm³/mol. The molecule has 18 heavy (non-hydrogen) atoms. The van der Waals surface area contributed by atoms with Crippen LogP contribution in [0.4, 0.5) is 0 Å². The summed E-state index contributed by atoms with van der Waals surface area (Å²) in [7, 11) is 0. The Kier molecular flexibility index (Phi) is 3.28. The van der Waals surface area contributed by atoms with Crippen LogP contribution >= 0.6 is 0 Å². The zero-order valence-corrected chi connectivity index (χ0v) is 11.0. The lowest BCUT2D eigenvalue weighted by atomic mass is 9.92.